The second kappa shape index (κ2) is 9.03. The fourth-order valence-electron chi connectivity index (χ4n) is 0. The molecular formula is HCsO2Ti. The zero-order valence-corrected chi connectivity index (χ0v) is 2.88. The zero-order chi connectivity index (χ0) is 2.71. The van der Waals surface area contributed by atoms with E-state index in [9.17, 15) is 0 Å². The second-order valence-electron chi connectivity index (χ2n) is 0.0833. The van der Waals surface area contributed by atoms with Crippen LogP contribution in [0.25, 0.3) is 0 Å². The number of hydrogen-bond donors (Lipinski definition) is 0. The first-order valence-corrected chi connectivity index (χ1v) is 1.68. The molecule has 0 spiro atoms. The third kappa shape index (κ3) is 8.84. The van der Waals surface area contributed by atoms with Crippen molar-refractivity contribution in [2.24, 2.45) is 0 Å². The van der Waals surface area contributed by atoms with E-state index in [1.165, 1.54) is 0 Å². The molecule has 0 aliphatic rings. The van der Waals surface area contributed by atoms with E-state index in [0.29, 0.717) is 0 Å². The molecule has 0 saturated heterocycles. The van der Waals surface area contributed by atoms with E-state index < -0.39 is 19.1 Å². The predicted octanol–water partition coefficient (Wildman–Crippen LogP) is -0.889. The van der Waals surface area contributed by atoms with E-state index in [0.717, 1.165) is 0 Å². The summed E-state index contributed by atoms with van der Waals surface area (Å²) in [6.45, 7) is 0. The fourth-order valence-corrected chi connectivity index (χ4v) is 0. The molecule has 0 amide bonds. The summed E-state index contributed by atoms with van der Waals surface area (Å²) in [6, 6.07) is 0. The Bertz CT molecular complexity index is 27.0. The summed E-state index contributed by atoms with van der Waals surface area (Å²) < 4.78 is 17.0. The van der Waals surface area contributed by atoms with Crippen molar-refractivity contribution in [3.05, 3.63) is 0 Å². The Morgan fingerprint density at radius 1 is 1.25 bits per heavy atom. The molecule has 0 aromatic rings. The molecule has 0 N–H and O–H groups in total. The molecule has 0 radical (unpaired) electrons. The third-order valence-corrected chi connectivity index (χ3v) is 0. The molecule has 0 unspecified atom stereocenters. The van der Waals surface area contributed by atoms with Gasteiger partial charge in [-0.2, -0.15) is 0 Å². The van der Waals surface area contributed by atoms with Gasteiger partial charge in [-0.3, -0.25) is 0 Å². The molecule has 0 aromatic heterocycles. The van der Waals surface area contributed by atoms with Gasteiger partial charge in [-0.1, -0.05) is 0 Å². The van der Waals surface area contributed by atoms with E-state index in [1.807, 2.05) is 0 Å². The Kier molecular flexibility index (Phi) is 21.7. The van der Waals surface area contributed by atoms with Crippen LogP contribution in [0.1, 0.15) is 0 Å². The van der Waals surface area contributed by atoms with Crippen LogP contribution in [0, 0.1) is 0 Å². The van der Waals surface area contributed by atoms with Crippen LogP contribution in [-0.4, -0.2) is 68.9 Å². The van der Waals surface area contributed by atoms with Gasteiger partial charge in [0.05, 0.1) is 0 Å². The van der Waals surface area contributed by atoms with Crippen molar-refractivity contribution in [3.63, 3.8) is 0 Å². The molecular weight excluding hydrogens is 213 g/mol. The molecule has 0 saturated carbocycles. The average molecular weight is 214 g/mol. The Balaban J connectivity index is 0. The molecule has 4 heteroatoms. The Hall–Kier alpha value is 2.37. The van der Waals surface area contributed by atoms with Gasteiger partial charge < -0.3 is 0 Å². The van der Waals surface area contributed by atoms with Crippen molar-refractivity contribution >= 4 is 68.9 Å². The minimum atomic E-state index is -2.00. The topological polar surface area (TPSA) is 34.1 Å². The first kappa shape index (κ1) is 9.62. The summed E-state index contributed by atoms with van der Waals surface area (Å²) in [5, 5.41) is 0. The SMILES string of the molecule is [CsH].[O]=[Ti]=[O]. The monoisotopic (exact) mass is 214 g/mol. The quantitative estimate of drug-likeness (QED) is 0.490. The van der Waals surface area contributed by atoms with Crippen LogP contribution in [0.2, 0.25) is 0 Å². The summed E-state index contributed by atoms with van der Waals surface area (Å²) in [6.07, 6.45) is 0. The first-order valence-electron chi connectivity index (χ1n) is 0.408. The van der Waals surface area contributed by atoms with E-state index in [-0.39, 0.29) is 68.9 Å². The summed E-state index contributed by atoms with van der Waals surface area (Å²) >= 11 is -2.00. The summed E-state index contributed by atoms with van der Waals surface area (Å²) in [7, 11) is 0. The van der Waals surface area contributed by atoms with Gasteiger partial charge in [0.2, 0.25) is 0 Å². The van der Waals surface area contributed by atoms with Crippen LogP contribution in [0.15, 0.2) is 0 Å². The van der Waals surface area contributed by atoms with Gasteiger partial charge in [0, 0.05) is 0 Å². The first-order chi connectivity index (χ1) is 1.41. The van der Waals surface area contributed by atoms with Gasteiger partial charge >= 0.3 is 94.6 Å². The summed E-state index contributed by atoms with van der Waals surface area (Å²) in [5.74, 6) is 0. The van der Waals surface area contributed by atoms with Crippen LogP contribution in [0.5, 0.6) is 0 Å². The molecule has 0 aromatic carbocycles. The van der Waals surface area contributed by atoms with Crippen LogP contribution >= 0.6 is 0 Å². The Labute approximate surface area is 91.7 Å². The molecule has 0 aliphatic carbocycles. The molecule has 0 atom stereocenters. The predicted molar refractivity (Wildman–Crippen MR) is 8.52 cm³/mol. The molecule has 0 fully saturated rings. The second-order valence-corrected chi connectivity index (χ2v) is 0.344. The van der Waals surface area contributed by atoms with E-state index >= 15 is 0 Å². The van der Waals surface area contributed by atoms with Crippen LogP contribution in [0.3, 0.4) is 0 Å². The molecule has 0 heterocycles. The summed E-state index contributed by atoms with van der Waals surface area (Å²) in [5.41, 5.74) is 0. The van der Waals surface area contributed by atoms with Crippen molar-refractivity contribution in [2.75, 3.05) is 0 Å². The van der Waals surface area contributed by atoms with Crippen LogP contribution in [-0.2, 0) is 25.7 Å². The van der Waals surface area contributed by atoms with Crippen molar-refractivity contribution in [2.45, 2.75) is 0 Å². The van der Waals surface area contributed by atoms with E-state index in [2.05, 4.69) is 0 Å². The van der Waals surface area contributed by atoms with Gasteiger partial charge in [-0.25, -0.2) is 0 Å². The maximum absolute atomic E-state index is 8.50. The van der Waals surface area contributed by atoms with Gasteiger partial charge in [-0.15, -0.1) is 0 Å². The number of rotatable bonds is 0. The van der Waals surface area contributed by atoms with E-state index in [4.69, 9.17) is 6.65 Å². The normalized spacial score (nSPS) is 2.00. The average Bonchev–Trinajstić information content (AvgIpc) is 0.918. The standard InChI is InChI=1S/Cs.2O.Ti.H. The minimum absolute atomic E-state index is 0. The molecule has 18 valence electrons. The third-order valence-electron chi connectivity index (χ3n) is 0. The van der Waals surface area contributed by atoms with E-state index in [1.54, 1.807) is 0 Å². The molecule has 4 heavy (non-hydrogen) atoms. The van der Waals surface area contributed by atoms with Gasteiger partial charge in [0.15, 0.2) is 0 Å². The van der Waals surface area contributed by atoms with Crippen molar-refractivity contribution in [1.29, 1.82) is 0 Å². The fraction of sp³-hybridized carbons (Fsp3) is 0. The zero-order valence-electron chi connectivity index (χ0n) is 1.32. The Morgan fingerprint density at radius 3 is 1.25 bits per heavy atom. The summed E-state index contributed by atoms with van der Waals surface area (Å²) in [4.78, 5) is 0. The molecule has 2 nitrogen and oxygen atoms in total. The van der Waals surface area contributed by atoms with Gasteiger partial charge in [0.1, 0.15) is 0 Å². The molecule has 0 rings (SSSR count). The van der Waals surface area contributed by atoms with Crippen molar-refractivity contribution in [1.82, 2.24) is 0 Å². The van der Waals surface area contributed by atoms with Crippen LogP contribution < -0.4 is 0 Å². The molecule has 0 bridgehead atoms. The van der Waals surface area contributed by atoms with Crippen LogP contribution in [0.4, 0.5) is 0 Å². The van der Waals surface area contributed by atoms with Crippen molar-refractivity contribution in [3.8, 4) is 0 Å². The Morgan fingerprint density at radius 2 is 1.25 bits per heavy atom. The van der Waals surface area contributed by atoms with Crippen molar-refractivity contribution < 1.29 is 25.7 Å². The van der Waals surface area contributed by atoms with Gasteiger partial charge in [-0.05, 0) is 0 Å². The van der Waals surface area contributed by atoms with Gasteiger partial charge in [0.25, 0.3) is 0 Å². The maximum atomic E-state index is 8.50. The number of hydrogen-bond acceptors (Lipinski definition) is 2. The molecule has 0 aliphatic heterocycles.